The van der Waals surface area contributed by atoms with Gasteiger partial charge in [0.25, 0.3) is 0 Å². The first-order valence-corrected chi connectivity index (χ1v) is 8.79. The van der Waals surface area contributed by atoms with Gasteiger partial charge in [0, 0.05) is 30.4 Å². The molecule has 0 fully saturated rings. The Morgan fingerprint density at radius 2 is 1.75 bits per heavy atom. The topological polar surface area (TPSA) is 65.9 Å². The number of alkyl halides is 7. The van der Waals surface area contributed by atoms with Crippen LogP contribution in [0.4, 0.5) is 41.2 Å². The minimum atomic E-state index is -6.30. The molecule has 0 radical (unpaired) electrons. The number of nitrogens with zero attached hydrogens (tertiary/aromatic N) is 4. The highest BCUT2D eigenvalue weighted by molar-refractivity contribution is 6.14. The number of fused-ring (bicyclic) bond motifs is 1. The molecule has 1 aliphatic rings. The molecule has 0 saturated heterocycles. The quantitative estimate of drug-likeness (QED) is 0.491. The smallest absolute Gasteiger partial charge is 0.274 e. The molecule has 1 aromatic heterocycles. The lowest BCUT2D eigenvalue weighted by Crippen LogP contribution is -2.51. The van der Waals surface area contributed by atoms with E-state index in [1.54, 1.807) is 12.1 Å². The van der Waals surface area contributed by atoms with Gasteiger partial charge in [-0.25, -0.2) is 19.1 Å². The standard InChI is InChI=1S/C19H13F7N4O2/c1-11(31)30-15-5-4-14(17(20,18(21,22)23)19(24,25)26)7-13(15)10-29(16(30)32)28-9-12-3-2-6-27-8-12/h2-9H,10H2,1H3/b28-9+. The summed E-state index contributed by atoms with van der Waals surface area (Å²) < 4.78 is 93.2. The third-order valence-electron chi connectivity index (χ3n) is 4.58. The second kappa shape index (κ2) is 7.88. The van der Waals surface area contributed by atoms with Crippen molar-refractivity contribution >= 4 is 23.8 Å². The first-order valence-electron chi connectivity index (χ1n) is 8.79. The molecule has 170 valence electrons. The highest BCUT2D eigenvalue weighted by atomic mass is 19.4. The third-order valence-corrected chi connectivity index (χ3v) is 4.58. The summed E-state index contributed by atoms with van der Waals surface area (Å²) in [6, 6.07) is 3.36. The number of hydrogen-bond donors (Lipinski definition) is 0. The number of carbonyl (C=O) groups excluding carboxylic acids is 2. The van der Waals surface area contributed by atoms with E-state index in [0.29, 0.717) is 27.6 Å². The zero-order chi connectivity index (χ0) is 23.9. The summed E-state index contributed by atoms with van der Waals surface area (Å²) in [6.07, 6.45) is -8.62. The van der Waals surface area contributed by atoms with Gasteiger partial charge in [0.2, 0.25) is 5.91 Å². The van der Waals surface area contributed by atoms with E-state index in [1.165, 1.54) is 12.4 Å². The number of carbonyl (C=O) groups is 2. The molecule has 0 N–H and O–H groups in total. The lowest BCUT2D eigenvalue weighted by Gasteiger charge is -2.35. The first-order chi connectivity index (χ1) is 14.8. The van der Waals surface area contributed by atoms with E-state index in [2.05, 4.69) is 10.1 Å². The lowest BCUT2D eigenvalue weighted by molar-refractivity contribution is -0.348. The Labute approximate surface area is 175 Å². The van der Waals surface area contributed by atoms with Gasteiger partial charge in [-0.3, -0.25) is 9.78 Å². The molecule has 3 amide bonds. The molecule has 1 aliphatic heterocycles. The van der Waals surface area contributed by atoms with Crippen molar-refractivity contribution in [2.75, 3.05) is 4.90 Å². The van der Waals surface area contributed by atoms with Crippen LogP contribution in [0.5, 0.6) is 0 Å². The van der Waals surface area contributed by atoms with Crippen LogP contribution in [-0.2, 0) is 17.0 Å². The third kappa shape index (κ3) is 3.89. The maximum absolute atomic E-state index is 14.5. The van der Waals surface area contributed by atoms with Gasteiger partial charge in [-0.1, -0.05) is 12.1 Å². The summed E-state index contributed by atoms with van der Waals surface area (Å²) in [5, 5.41) is 4.50. The Balaban J connectivity index is 2.10. The number of aromatic nitrogens is 1. The Kier molecular flexibility index (Phi) is 5.70. The van der Waals surface area contributed by atoms with Crippen LogP contribution in [0.1, 0.15) is 23.6 Å². The average molecular weight is 462 g/mol. The molecule has 0 spiro atoms. The molecule has 0 atom stereocenters. The Bertz CT molecular complexity index is 1050. The van der Waals surface area contributed by atoms with Crippen molar-refractivity contribution in [2.45, 2.75) is 31.5 Å². The number of benzene rings is 1. The fraction of sp³-hybridized carbons (Fsp3) is 0.263. The number of imide groups is 1. The lowest BCUT2D eigenvalue weighted by atomic mass is 9.91. The molecule has 0 saturated carbocycles. The Morgan fingerprint density at radius 1 is 1.09 bits per heavy atom. The molecule has 13 heteroatoms. The number of urea groups is 1. The summed E-state index contributed by atoms with van der Waals surface area (Å²) in [7, 11) is 0. The van der Waals surface area contributed by atoms with Gasteiger partial charge in [0.1, 0.15) is 0 Å². The Morgan fingerprint density at radius 3 is 2.28 bits per heavy atom. The van der Waals surface area contributed by atoms with Crippen molar-refractivity contribution in [2.24, 2.45) is 5.10 Å². The van der Waals surface area contributed by atoms with E-state index >= 15 is 0 Å². The molecule has 0 unspecified atom stereocenters. The average Bonchev–Trinajstić information content (AvgIpc) is 2.70. The van der Waals surface area contributed by atoms with Gasteiger partial charge in [-0.05, 0) is 23.8 Å². The second-order valence-corrected chi connectivity index (χ2v) is 6.72. The van der Waals surface area contributed by atoms with E-state index in [4.69, 9.17) is 0 Å². The molecule has 2 aromatic rings. The van der Waals surface area contributed by atoms with Gasteiger partial charge in [0.05, 0.1) is 18.4 Å². The van der Waals surface area contributed by atoms with Crippen molar-refractivity contribution in [1.29, 1.82) is 0 Å². The van der Waals surface area contributed by atoms with Gasteiger partial charge in [0.15, 0.2) is 0 Å². The summed E-state index contributed by atoms with van der Waals surface area (Å²) in [5.41, 5.74) is -7.57. The van der Waals surface area contributed by atoms with Crippen molar-refractivity contribution in [1.82, 2.24) is 9.99 Å². The minimum absolute atomic E-state index is 0.248. The zero-order valence-corrected chi connectivity index (χ0v) is 16.1. The van der Waals surface area contributed by atoms with Gasteiger partial charge in [-0.2, -0.15) is 31.4 Å². The number of halogens is 7. The van der Waals surface area contributed by atoms with Crippen LogP contribution >= 0.6 is 0 Å². The van der Waals surface area contributed by atoms with E-state index < -0.39 is 42.1 Å². The van der Waals surface area contributed by atoms with Crippen LogP contribution in [0.25, 0.3) is 0 Å². The largest absolute Gasteiger partial charge is 0.435 e. The minimum Gasteiger partial charge on any atom is -0.274 e. The maximum Gasteiger partial charge on any atom is 0.435 e. The number of pyridine rings is 1. The Hall–Kier alpha value is -3.51. The highest BCUT2D eigenvalue weighted by Crippen LogP contribution is 2.53. The summed E-state index contributed by atoms with van der Waals surface area (Å²) in [5.74, 6) is -0.872. The fourth-order valence-electron chi connectivity index (χ4n) is 3.06. The van der Waals surface area contributed by atoms with Crippen molar-refractivity contribution < 1.29 is 40.3 Å². The van der Waals surface area contributed by atoms with Crippen molar-refractivity contribution in [3.05, 3.63) is 59.4 Å². The number of rotatable bonds is 3. The maximum atomic E-state index is 14.5. The summed E-state index contributed by atoms with van der Waals surface area (Å²) >= 11 is 0. The fourth-order valence-corrected chi connectivity index (χ4v) is 3.06. The van der Waals surface area contributed by atoms with Gasteiger partial charge >= 0.3 is 24.1 Å². The number of hydrazone groups is 1. The zero-order valence-electron chi connectivity index (χ0n) is 16.1. The van der Waals surface area contributed by atoms with E-state index in [0.717, 1.165) is 13.1 Å². The molecule has 32 heavy (non-hydrogen) atoms. The molecule has 0 aliphatic carbocycles. The second-order valence-electron chi connectivity index (χ2n) is 6.72. The van der Waals surface area contributed by atoms with Crippen LogP contribution in [-0.4, -0.2) is 40.5 Å². The normalized spacial score (nSPS) is 15.3. The molecular weight excluding hydrogens is 449 g/mol. The van der Waals surface area contributed by atoms with Crippen LogP contribution in [0, 0.1) is 0 Å². The highest BCUT2D eigenvalue weighted by Gasteiger charge is 2.73. The van der Waals surface area contributed by atoms with E-state index in [1.807, 2.05) is 0 Å². The number of hydrogen-bond acceptors (Lipinski definition) is 4. The van der Waals surface area contributed by atoms with E-state index in [-0.39, 0.29) is 17.3 Å². The van der Waals surface area contributed by atoms with E-state index in [9.17, 15) is 40.3 Å². The van der Waals surface area contributed by atoms with Crippen molar-refractivity contribution in [3.63, 3.8) is 0 Å². The molecular formula is C19H13F7N4O2. The van der Waals surface area contributed by atoms with Crippen LogP contribution in [0.3, 0.4) is 0 Å². The number of anilines is 1. The molecule has 0 bridgehead atoms. The molecule has 3 rings (SSSR count). The number of amides is 3. The predicted octanol–water partition coefficient (Wildman–Crippen LogP) is 4.69. The first kappa shape index (κ1) is 23.2. The van der Waals surface area contributed by atoms with Crippen molar-refractivity contribution in [3.8, 4) is 0 Å². The van der Waals surface area contributed by atoms with Gasteiger partial charge < -0.3 is 0 Å². The SMILES string of the molecule is CC(=O)N1C(=O)N(/N=C/c2cccnc2)Cc2cc(C(F)(C(F)(F)F)C(F)(F)F)ccc21. The molecule has 1 aromatic carbocycles. The monoisotopic (exact) mass is 462 g/mol. The molecule has 6 nitrogen and oxygen atoms in total. The van der Waals surface area contributed by atoms with Crippen LogP contribution in [0.15, 0.2) is 47.8 Å². The van der Waals surface area contributed by atoms with Crippen LogP contribution < -0.4 is 4.90 Å². The van der Waals surface area contributed by atoms with Gasteiger partial charge in [-0.15, -0.1) is 0 Å². The summed E-state index contributed by atoms with van der Waals surface area (Å²) in [4.78, 5) is 28.9. The van der Waals surface area contributed by atoms with Crippen LogP contribution in [0.2, 0.25) is 0 Å². The summed E-state index contributed by atoms with van der Waals surface area (Å²) in [6.45, 7) is 0.364. The molecule has 2 heterocycles. The predicted molar refractivity (Wildman–Crippen MR) is 97.3 cm³/mol.